The van der Waals surface area contributed by atoms with Gasteiger partial charge in [0.2, 0.25) is 0 Å². The van der Waals surface area contributed by atoms with Gasteiger partial charge in [-0.05, 0) is 46.4 Å². The van der Waals surface area contributed by atoms with Crippen molar-refractivity contribution in [1.82, 2.24) is 0 Å². The fourth-order valence-electron chi connectivity index (χ4n) is 4.34. The minimum absolute atomic E-state index is 0.154. The van der Waals surface area contributed by atoms with E-state index in [1.54, 1.807) is 12.1 Å². The van der Waals surface area contributed by atoms with E-state index in [0.29, 0.717) is 5.92 Å². The van der Waals surface area contributed by atoms with Gasteiger partial charge in [0.1, 0.15) is 5.82 Å². The smallest absolute Gasteiger partial charge is 0.123 e. The predicted octanol–water partition coefficient (Wildman–Crippen LogP) is 7.08. The first-order valence-corrected chi connectivity index (χ1v) is 9.54. The number of benzene rings is 3. The van der Waals surface area contributed by atoms with Crippen LogP contribution in [0.2, 0.25) is 0 Å². The van der Waals surface area contributed by atoms with E-state index >= 15 is 0 Å². The van der Waals surface area contributed by atoms with Gasteiger partial charge in [-0.15, -0.1) is 0 Å². The molecule has 1 heteroatoms. The molecule has 0 radical (unpaired) electrons. The first kappa shape index (κ1) is 16.3. The van der Waals surface area contributed by atoms with Crippen molar-refractivity contribution in [2.24, 2.45) is 5.92 Å². The number of hydrogen-bond acceptors (Lipinski definition) is 0. The summed E-state index contributed by atoms with van der Waals surface area (Å²) in [6.07, 6.45) is 7.95. The molecule has 1 atom stereocenters. The average molecular weight is 332 g/mol. The molecular formula is C24H25F. The molecule has 4 rings (SSSR count). The molecule has 128 valence electrons. The monoisotopic (exact) mass is 332 g/mol. The molecule has 0 bridgehead atoms. The number of fused-ring (bicyclic) bond motifs is 1. The van der Waals surface area contributed by atoms with E-state index in [1.165, 1.54) is 60.4 Å². The molecule has 0 unspecified atom stereocenters. The van der Waals surface area contributed by atoms with Crippen molar-refractivity contribution in [1.29, 1.82) is 0 Å². The van der Waals surface area contributed by atoms with Crippen molar-refractivity contribution in [2.45, 2.75) is 44.4 Å². The molecule has 1 aliphatic carbocycles. The van der Waals surface area contributed by atoms with E-state index < -0.39 is 0 Å². The van der Waals surface area contributed by atoms with Crippen LogP contribution in [0.5, 0.6) is 0 Å². The molecule has 0 saturated heterocycles. The van der Waals surface area contributed by atoms with E-state index in [0.717, 1.165) is 5.92 Å². The van der Waals surface area contributed by atoms with E-state index in [-0.39, 0.29) is 5.82 Å². The van der Waals surface area contributed by atoms with Crippen LogP contribution >= 0.6 is 0 Å². The average Bonchev–Trinajstić information content (AvgIpc) is 2.67. The first-order valence-electron chi connectivity index (χ1n) is 9.54. The highest BCUT2D eigenvalue weighted by Crippen LogP contribution is 2.37. The van der Waals surface area contributed by atoms with Crippen LogP contribution in [-0.4, -0.2) is 0 Å². The Morgan fingerprint density at radius 2 is 1.44 bits per heavy atom. The highest BCUT2D eigenvalue weighted by Gasteiger charge is 2.22. The first-order chi connectivity index (χ1) is 12.3. The van der Waals surface area contributed by atoms with Crippen molar-refractivity contribution in [3.8, 4) is 0 Å². The summed E-state index contributed by atoms with van der Waals surface area (Å²) in [7, 11) is 0. The Morgan fingerprint density at radius 1 is 0.760 bits per heavy atom. The molecular weight excluding hydrogens is 307 g/mol. The lowest BCUT2D eigenvalue weighted by atomic mass is 9.78. The molecule has 25 heavy (non-hydrogen) atoms. The number of rotatable bonds is 4. The SMILES string of the molecule is Fc1ccc([C@@H](CC2CCCCC2)c2ccc3ccccc3c2)cc1. The van der Waals surface area contributed by atoms with Gasteiger partial charge in [-0.3, -0.25) is 0 Å². The second kappa shape index (κ2) is 7.39. The Labute approximate surface area is 149 Å². The summed E-state index contributed by atoms with van der Waals surface area (Å²) in [5, 5.41) is 2.57. The highest BCUT2D eigenvalue weighted by molar-refractivity contribution is 5.83. The molecule has 3 aromatic carbocycles. The third-order valence-electron chi connectivity index (χ3n) is 5.74. The largest absolute Gasteiger partial charge is 0.207 e. The Bertz CT molecular complexity index is 828. The molecule has 1 fully saturated rings. The topological polar surface area (TPSA) is 0 Å². The van der Waals surface area contributed by atoms with Crippen LogP contribution < -0.4 is 0 Å². The Balaban J connectivity index is 1.70. The zero-order chi connectivity index (χ0) is 17.1. The number of hydrogen-bond donors (Lipinski definition) is 0. The normalized spacial score (nSPS) is 16.8. The molecule has 0 spiro atoms. The van der Waals surface area contributed by atoms with Crippen molar-refractivity contribution < 1.29 is 4.39 Å². The van der Waals surface area contributed by atoms with Crippen LogP contribution in [-0.2, 0) is 0 Å². The van der Waals surface area contributed by atoms with Crippen LogP contribution in [0.1, 0.15) is 55.6 Å². The lowest BCUT2D eigenvalue weighted by Crippen LogP contribution is -2.12. The van der Waals surface area contributed by atoms with Gasteiger partial charge in [-0.1, -0.05) is 86.7 Å². The van der Waals surface area contributed by atoms with E-state index in [9.17, 15) is 4.39 Å². The summed E-state index contributed by atoms with van der Waals surface area (Å²) in [5.41, 5.74) is 2.60. The van der Waals surface area contributed by atoms with Gasteiger partial charge in [-0.2, -0.15) is 0 Å². The summed E-state index contributed by atoms with van der Waals surface area (Å²) in [6.45, 7) is 0. The zero-order valence-corrected chi connectivity index (χ0v) is 14.6. The maximum atomic E-state index is 13.4. The molecule has 0 nitrogen and oxygen atoms in total. The Hall–Kier alpha value is -2.15. The third kappa shape index (κ3) is 3.76. The highest BCUT2D eigenvalue weighted by atomic mass is 19.1. The van der Waals surface area contributed by atoms with Gasteiger partial charge in [0.05, 0.1) is 0 Å². The quantitative estimate of drug-likeness (QED) is 0.479. The summed E-state index contributed by atoms with van der Waals surface area (Å²) in [5.74, 6) is 0.988. The molecule has 3 aromatic rings. The molecule has 0 aliphatic heterocycles. The molecule has 0 heterocycles. The summed E-state index contributed by atoms with van der Waals surface area (Å²) >= 11 is 0. The van der Waals surface area contributed by atoms with E-state index in [1.807, 2.05) is 12.1 Å². The van der Waals surface area contributed by atoms with Crippen LogP contribution in [0.4, 0.5) is 4.39 Å². The number of halogens is 1. The fraction of sp³-hybridized carbons (Fsp3) is 0.333. The molecule has 1 saturated carbocycles. The molecule has 0 aromatic heterocycles. The Morgan fingerprint density at radius 3 is 2.20 bits per heavy atom. The molecule has 0 N–H and O–H groups in total. The van der Waals surface area contributed by atoms with Crippen LogP contribution in [0, 0.1) is 11.7 Å². The van der Waals surface area contributed by atoms with Crippen LogP contribution in [0.25, 0.3) is 10.8 Å². The maximum Gasteiger partial charge on any atom is 0.123 e. The second-order valence-electron chi connectivity index (χ2n) is 7.45. The van der Waals surface area contributed by atoms with Gasteiger partial charge in [0.15, 0.2) is 0 Å². The van der Waals surface area contributed by atoms with E-state index in [2.05, 4.69) is 42.5 Å². The zero-order valence-electron chi connectivity index (χ0n) is 14.6. The standard InChI is InChI=1S/C24H25F/c25-23-14-12-20(13-15-23)24(16-18-6-2-1-3-7-18)22-11-10-19-8-4-5-9-21(19)17-22/h4-5,8-15,17-18,24H,1-3,6-7,16H2/t24-/m1/s1. The van der Waals surface area contributed by atoms with Crippen LogP contribution in [0.3, 0.4) is 0 Å². The van der Waals surface area contributed by atoms with E-state index in [4.69, 9.17) is 0 Å². The Kier molecular flexibility index (Phi) is 4.83. The lowest BCUT2D eigenvalue weighted by molar-refractivity contribution is 0.327. The van der Waals surface area contributed by atoms with Crippen LogP contribution in [0.15, 0.2) is 66.7 Å². The minimum atomic E-state index is -0.154. The predicted molar refractivity (Wildman–Crippen MR) is 103 cm³/mol. The van der Waals surface area contributed by atoms with Gasteiger partial charge in [-0.25, -0.2) is 4.39 Å². The van der Waals surface area contributed by atoms with Crippen molar-refractivity contribution in [2.75, 3.05) is 0 Å². The van der Waals surface area contributed by atoms with Crippen molar-refractivity contribution in [3.05, 3.63) is 83.7 Å². The van der Waals surface area contributed by atoms with Crippen molar-refractivity contribution in [3.63, 3.8) is 0 Å². The molecule has 0 amide bonds. The maximum absolute atomic E-state index is 13.4. The third-order valence-corrected chi connectivity index (χ3v) is 5.74. The van der Waals surface area contributed by atoms with Gasteiger partial charge in [0.25, 0.3) is 0 Å². The summed E-state index contributed by atoms with van der Waals surface area (Å²) in [6, 6.07) is 22.5. The van der Waals surface area contributed by atoms with Crippen molar-refractivity contribution >= 4 is 10.8 Å². The fourth-order valence-corrected chi connectivity index (χ4v) is 4.34. The lowest BCUT2D eigenvalue weighted by Gasteiger charge is -2.27. The summed E-state index contributed by atoms with van der Waals surface area (Å²) in [4.78, 5) is 0. The summed E-state index contributed by atoms with van der Waals surface area (Å²) < 4.78 is 13.4. The van der Waals surface area contributed by atoms with Gasteiger partial charge >= 0.3 is 0 Å². The second-order valence-corrected chi connectivity index (χ2v) is 7.45. The van der Waals surface area contributed by atoms with Gasteiger partial charge in [0, 0.05) is 5.92 Å². The minimum Gasteiger partial charge on any atom is -0.207 e. The van der Waals surface area contributed by atoms with Gasteiger partial charge < -0.3 is 0 Å². The molecule has 1 aliphatic rings.